The minimum absolute atomic E-state index is 0.0614. The van der Waals surface area contributed by atoms with Gasteiger partial charge in [-0.15, -0.1) is 0 Å². The Bertz CT molecular complexity index is 682. The first-order chi connectivity index (χ1) is 13.7. The Kier molecular flexibility index (Phi) is 5.86. The molecule has 1 nitrogen and oxygen atoms in total. The van der Waals surface area contributed by atoms with E-state index >= 15 is 0 Å². The van der Waals surface area contributed by atoms with Gasteiger partial charge in [0.15, 0.2) is 0 Å². The summed E-state index contributed by atoms with van der Waals surface area (Å²) in [6.07, 6.45) is 15.5. The van der Waals surface area contributed by atoms with Crippen molar-refractivity contribution in [1.29, 1.82) is 0 Å². The molecule has 1 heteroatoms. The van der Waals surface area contributed by atoms with Crippen LogP contribution in [0.15, 0.2) is 22.8 Å². The first kappa shape index (κ1) is 21.7. The van der Waals surface area contributed by atoms with Crippen molar-refractivity contribution in [2.24, 2.45) is 40.4 Å². The van der Waals surface area contributed by atoms with Gasteiger partial charge >= 0.3 is 0 Å². The Morgan fingerprint density at radius 2 is 1.86 bits per heavy atom. The number of aliphatic hydroxyl groups excluding tert-OH is 1. The van der Waals surface area contributed by atoms with Crippen LogP contribution in [0.4, 0.5) is 0 Å². The summed E-state index contributed by atoms with van der Waals surface area (Å²) >= 11 is 0. The smallest absolute Gasteiger partial charge is 0.0568 e. The van der Waals surface area contributed by atoms with Gasteiger partial charge < -0.3 is 5.11 Å². The van der Waals surface area contributed by atoms with Crippen LogP contribution in [0.1, 0.15) is 106 Å². The quantitative estimate of drug-likeness (QED) is 0.481. The van der Waals surface area contributed by atoms with Gasteiger partial charge in [-0.1, -0.05) is 50.5 Å². The molecule has 0 aliphatic heterocycles. The van der Waals surface area contributed by atoms with Crippen LogP contribution in [0.25, 0.3) is 0 Å². The Labute approximate surface area is 180 Å². The number of fused-ring (bicyclic) bond motifs is 4. The van der Waals surface area contributed by atoms with Crippen molar-refractivity contribution >= 4 is 0 Å². The lowest BCUT2D eigenvalue weighted by atomic mass is 9.47. The van der Waals surface area contributed by atoms with E-state index in [9.17, 15) is 5.11 Å². The normalized spacial score (nSPS) is 45.3. The first-order valence-corrected chi connectivity index (χ1v) is 12.7. The zero-order valence-corrected chi connectivity index (χ0v) is 20.1. The summed E-state index contributed by atoms with van der Waals surface area (Å²) in [7, 11) is 0. The minimum Gasteiger partial charge on any atom is -0.393 e. The average Bonchev–Trinajstić information content (AvgIpc) is 3.02. The lowest BCUT2D eigenvalue weighted by Gasteiger charge is -2.58. The second-order valence-electron chi connectivity index (χ2n) is 12.1. The second-order valence-corrected chi connectivity index (χ2v) is 12.1. The SMILES string of the molecule is CC(C)=CCC[C@@H](C)[C@H]1CCC2=C3CC[C@H]4[C@H](C)[C@@H](O)CC[C@]4(C)[C@H]3CC[C@@]21C. The fourth-order valence-corrected chi connectivity index (χ4v) is 8.73. The molecule has 0 aromatic heterocycles. The summed E-state index contributed by atoms with van der Waals surface area (Å²) in [4.78, 5) is 0. The first-order valence-electron chi connectivity index (χ1n) is 12.7. The molecule has 0 aromatic carbocycles. The van der Waals surface area contributed by atoms with E-state index in [1.54, 1.807) is 0 Å². The maximum atomic E-state index is 10.5. The zero-order chi connectivity index (χ0) is 21.0. The van der Waals surface area contributed by atoms with Crippen molar-refractivity contribution in [3.8, 4) is 0 Å². The molecule has 4 rings (SSSR count). The van der Waals surface area contributed by atoms with Crippen LogP contribution >= 0.6 is 0 Å². The molecular weight excluding hydrogens is 352 g/mol. The Balaban J connectivity index is 1.57. The maximum absolute atomic E-state index is 10.5. The van der Waals surface area contributed by atoms with E-state index in [0.717, 1.165) is 30.1 Å². The third kappa shape index (κ3) is 3.48. The van der Waals surface area contributed by atoms with Crippen LogP contribution in [-0.4, -0.2) is 11.2 Å². The van der Waals surface area contributed by atoms with Gasteiger partial charge in [0, 0.05) is 0 Å². The Morgan fingerprint density at radius 1 is 1.10 bits per heavy atom. The van der Waals surface area contributed by atoms with Gasteiger partial charge in [-0.05, 0) is 118 Å². The number of rotatable bonds is 4. The fraction of sp³-hybridized carbons (Fsp3) is 0.857. The van der Waals surface area contributed by atoms with Crippen LogP contribution in [0.3, 0.4) is 0 Å². The lowest BCUT2D eigenvalue weighted by Crippen LogP contribution is -2.51. The number of aliphatic hydroxyl groups is 1. The summed E-state index contributed by atoms with van der Waals surface area (Å²) < 4.78 is 0. The highest BCUT2D eigenvalue weighted by Gasteiger charge is 2.56. The van der Waals surface area contributed by atoms with E-state index in [1.165, 1.54) is 63.4 Å². The van der Waals surface area contributed by atoms with Crippen molar-refractivity contribution in [3.63, 3.8) is 0 Å². The van der Waals surface area contributed by atoms with E-state index in [-0.39, 0.29) is 6.10 Å². The number of hydrogen-bond acceptors (Lipinski definition) is 1. The van der Waals surface area contributed by atoms with Crippen LogP contribution in [-0.2, 0) is 0 Å². The minimum atomic E-state index is -0.0614. The molecule has 0 aromatic rings. The molecule has 8 atom stereocenters. The van der Waals surface area contributed by atoms with E-state index < -0.39 is 0 Å². The van der Waals surface area contributed by atoms with Gasteiger partial charge in [0.25, 0.3) is 0 Å². The predicted octanol–water partition coefficient (Wildman–Crippen LogP) is 7.70. The van der Waals surface area contributed by atoms with Crippen LogP contribution in [0.5, 0.6) is 0 Å². The molecule has 0 spiro atoms. The molecule has 1 N–H and O–H groups in total. The molecule has 0 bridgehead atoms. The van der Waals surface area contributed by atoms with Gasteiger partial charge in [-0.25, -0.2) is 0 Å². The zero-order valence-electron chi connectivity index (χ0n) is 20.1. The van der Waals surface area contributed by atoms with Gasteiger partial charge in [0.1, 0.15) is 0 Å². The molecule has 3 saturated carbocycles. The molecule has 3 fully saturated rings. The van der Waals surface area contributed by atoms with Gasteiger partial charge in [0.2, 0.25) is 0 Å². The highest BCUT2D eigenvalue weighted by Crippen LogP contribution is 2.66. The van der Waals surface area contributed by atoms with Crippen molar-refractivity contribution < 1.29 is 5.11 Å². The number of allylic oxidation sites excluding steroid dienone is 4. The summed E-state index contributed by atoms with van der Waals surface area (Å²) in [6.45, 7) is 14.6. The van der Waals surface area contributed by atoms with Crippen molar-refractivity contribution in [1.82, 2.24) is 0 Å². The monoisotopic (exact) mass is 398 g/mol. The molecule has 0 radical (unpaired) electrons. The predicted molar refractivity (Wildman–Crippen MR) is 124 cm³/mol. The van der Waals surface area contributed by atoms with Gasteiger partial charge in [-0.3, -0.25) is 0 Å². The summed E-state index contributed by atoms with van der Waals surface area (Å²) in [5, 5.41) is 10.5. The summed E-state index contributed by atoms with van der Waals surface area (Å²) in [5.41, 5.74) is 6.19. The fourth-order valence-electron chi connectivity index (χ4n) is 8.73. The maximum Gasteiger partial charge on any atom is 0.0568 e. The van der Waals surface area contributed by atoms with Crippen molar-refractivity contribution in [2.45, 2.75) is 112 Å². The highest BCUT2D eigenvalue weighted by molar-refractivity contribution is 5.35. The molecule has 0 heterocycles. The molecule has 29 heavy (non-hydrogen) atoms. The lowest BCUT2D eigenvalue weighted by molar-refractivity contribution is -0.0779. The topological polar surface area (TPSA) is 20.2 Å². The van der Waals surface area contributed by atoms with Crippen molar-refractivity contribution in [3.05, 3.63) is 22.8 Å². The third-order valence-corrected chi connectivity index (χ3v) is 10.4. The third-order valence-electron chi connectivity index (χ3n) is 10.4. The molecule has 0 saturated heterocycles. The summed E-state index contributed by atoms with van der Waals surface area (Å²) in [5.74, 6) is 3.74. The van der Waals surface area contributed by atoms with Gasteiger partial charge in [-0.2, -0.15) is 0 Å². The van der Waals surface area contributed by atoms with E-state index in [2.05, 4.69) is 47.6 Å². The summed E-state index contributed by atoms with van der Waals surface area (Å²) in [6, 6.07) is 0. The van der Waals surface area contributed by atoms with Crippen LogP contribution in [0.2, 0.25) is 0 Å². The van der Waals surface area contributed by atoms with E-state index in [0.29, 0.717) is 16.7 Å². The van der Waals surface area contributed by atoms with E-state index in [4.69, 9.17) is 0 Å². The molecule has 0 unspecified atom stereocenters. The Hall–Kier alpha value is -0.560. The van der Waals surface area contributed by atoms with Crippen LogP contribution in [0, 0.1) is 40.4 Å². The van der Waals surface area contributed by atoms with Gasteiger partial charge in [0.05, 0.1) is 6.10 Å². The molecule has 164 valence electrons. The number of hydrogen-bond donors (Lipinski definition) is 1. The van der Waals surface area contributed by atoms with Crippen LogP contribution < -0.4 is 0 Å². The second kappa shape index (κ2) is 7.85. The molecule has 4 aliphatic rings. The standard InChI is InChI=1S/C28H46O/c1-18(2)8-7-9-19(3)22-12-13-24-21-10-11-23-20(4)26(29)15-17-28(23,6)25(21)14-16-27(22,24)5/h8,19-20,22-23,25-26,29H,7,9-17H2,1-6H3/t19-,20+,22-,23+,25+,26+,27-,28+/m1/s1. The largest absolute Gasteiger partial charge is 0.393 e. The average molecular weight is 399 g/mol. The molecule has 4 aliphatic carbocycles. The molecule has 0 amide bonds. The van der Waals surface area contributed by atoms with Crippen molar-refractivity contribution in [2.75, 3.05) is 0 Å². The molecular formula is C28H46O. The van der Waals surface area contributed by atoms with E-state index in [1.807, 2.05) is 11.1 Å². The Morgan fingerprint density at radius 3 is 2.59 bits per heavy atom. The highest BCUT2D eigenvalue weighted by atomic mass is 16.3.